The summed E-state index contributed by atoms with van der Waals surface area (Å²) in [4.78, 5) is 12.2. The minimum atomic E-state index is -0.0886. The van der Waals surface area contributed by atoms with Crippen LogP contribution in [0.15, 0.2) is 24.3 Å². The normalized spacial score (nSPS) is 26.2. The molecule has 1 aromatic rings. The van der Waals surface area contributed by atoms with Crippen molar-refractivity contribution in [2.75, 3.05) is 16.8 Å². The van der Waals surface area contributed by atoms with Gasteiger partial charge in [0.2, 0.25) is 5.91 Å². The number of hydrogen-bond donors (Lipinski definition) is 2. The smallest absolute Gasteiger partial charge is 0.243 e. The van der Waals surface area contributed by atoms with Gasteiger partial charge in [0.25, 0.3) is 0 Å². The minimum absolute atomic E-state index is 0.0886. The van der Waals surface area contributed by atoms with Crippen LogP contribution in [0.2, 0.25) is 0 Å². The molecule has 1 aromatic carbocycles. The van der Waals surface area contributed by atoms with Crippen molar-refractivity contribution in [2.45, 2.75) is 31.3 Å². The van der Waals surface area contributed by atoms with E-state index < -0.39 is 0 Å². The highest BCUT2D eigenvalue weighted by Gasteiger charge is 2.28. The van der Waals surface area contributed by atoms with E-state index in [-0.39, 0.29) is 11.9 Å². The molecule has 2 aliphatic rings. The first-order chi connectivity index (χ1) is 8.83. The highest BCUT2D eigenvalue weighted by atomic mass is 32.2. The zero-order valence-electron chi connectivity index (χ0n) is 10.3. The lowest BCUT2D eigenvalue weighted by Gasteiger charge is -2.24. The predicted molar refractivity (Wildman–Crippen MR) is 76.0 cm³/mol. The number of fused-ring (bicyclic) bond motifs is 1. The highest BCUT2D eigenvalue weighted by molar-refractivity contribution is 7.99. The van der Waals surface area contributed by atoms with E-state index in [4.69, 9.17) is 0 Å². The summed E-state index contributed by atoms with van der Waals surface area (Å²) in [7, 11) is 0. The van der Waals surface area contributed by atoms with Crippen molar-refractivity contribution in [2.24, 2.45) is 0 Å². The highest BCUT2D eigenvalue weighted by Crippen LogP contribution is 2.25. The van der Waals surface area contributed by atoms with Crippen LogP contribution in [0.4, 0.5) is 5.69 Å². The van der Waals surface area contributed by atoms with Crippen molar-refractivity contribution in [1.82, 2.24) is 5.32 Å². The van der Waals surface area contributed by atoms with Crippen molar-refractivity contribution >= 4 is 23.4 Å². The molecule has 1 unspecified atom stereocenters. The van der Waals surface area contributed by atoms with Crippen molar-refractivity contribution in [3.05, 3.63) is 29.8 Å². The van der Waals surface area contributed by atoms with Crippen molar-refractivity contribution in [3.8, 4) is 0 Å². The number of nitrogens with one attached hydrogen (secondary N) is 2. The largest absolute Gasteiger partial charge is 0.373 e. The molecule has 1 amide bonds. The molecule has 1 saturated heterocycles. The Morgan fingerprint density at radius 2 is 2.28 bits per heavy atom. The number of rotatable bonds is 2. The summed E-state index contributed by atoms with van der Waals surface area (Å²) in [6.07, 6.45) is 3.15. The second kappa shape index (κ2) is 5.22. The first-order valence-electron chi connectivity index (χ1n) is 6.55. The number of thioether (sulfide) groups is 1. The van der Waals surface area contributed by atoms with Crippen LogP contribution in [-0.4, -0.2) is 29.5 Å². The molecule has 2 atom stereocenters. The van der Waals surface area contributed by atoms with E-state index in [1.807, 2.05) is 30.0 Å². The summed E-state index contributed by atoms with van der Waals surface area (Å²) in [5.74, 6) is 2.45. The number of amides is 1. The fraction of sp³-hybridized carbons (Fsp3) is 0.500. The summed E-state index contributed by atoms with van der Waals surface area (Å²) in [6.45, 7) is 0. The second-order valence-corrected chi connectivity index (χ2v) is 6.13. The average molecular weight is 262 g/mol. The van der Waals surface area contributed by atoms with Crippen LogP contribution in [0.5, 0.6) is 0 Å². The van der Waals surface area contributed by atoms with Crippen molar-refractivity contribution in [1.29, 1.82) is 0 Å². The van der Waals surface area contributed by atoms with Gasteiger partial charge >= 0.3 is 0 Å². The lowest BCUT2D eigenvalue weighted by Crippen LogP contribution is -2.45. The van der Waals surface area contributed by atoms with E-state index in [9.17, 15) is 4.79 Å². The molecule has 2 aliphatic heterocycles. The van der Waals surface area contributed by atoms with Crippen LogP contribution >= 0.6 is 11.8 Å². The first-order valence-corrected chi connectivity index (χ1v) is 7.71. The van der Waals surface area contributed by atoms with Crippen molar-refractivity contribution in [3.63, 3.8) is 0 Å². The van der Waals surface area contributed by atoms with E-state index >= 15 is 0 Å². The maximum absolute atomic E-state index is 12.2. The molecule has 0 saturated carbocycles. The molecular formula is C14H18N2OS. The van der Waals surface area contributed by atoms with Gasteiger partial charge in [-0.3, -0.25) is 4.79 Å². The molecule has 18 heavy (non-hydrogen) atoms. The Labute approximate surface area is 112 Å². The van der Waals surface area contributed by atoms with Crippen LogP contribution < -0.4 is 10.6 Å². The van der Waals surface area contributed by atoms with Crippen LogP contribution in [0.1, 0.15) is 18.4 Å². The van der Waals surface area contributed by atoms with Crippen LogP contribution in [-0.2, 0) is 11.2 Å². The zero-order chi connectivity index (χ0) is 12.4. The molecule has 0 aromatic heterocycles. The third kappa shape index (κ3) is 2.48. The second-order valence-electron chi connectivity index (χ2n) is 4.98. The van der Waals surface area contributed by atoms with E-state index in [2.05, 4.69) is 16.7 Å². The molecule has 96 valence electrons. The Morgan fingerprint density at radius 3 is 3.06 bits per heavy atom. The summed E-state index contributed by atoms with van der Waals surface area (Å²) in [6, 6.07) is 8.43. The summed E-state index contributed by atoms with van der Waals surface area (Å²) >= 11 is 1.94. The van der Waals surface area contributed by atoms with Gasteiger partial charge in [0, 0.05) is 23.9 Å². The number of benzene rings is 1. The maximum atomic E-state index is 12.2. The predicted octanol–water partition coefficient (Wildman–Crippen LogP) is 2.03. The molecule has 3 rings (SSSR count). The lowest BCUT2D eigenvalue weighted by molar-refractivity contribution is -0.122. The van der Waals surface area contributed by atoms with Gasteiger partial charge in [-0.15, -0.1) is 0 Å². The number of anilines is 1. The van der Waals surface area contributed by atoms with Crippen LogP contribution in [0.3, 0.4) is 0 Å². The minimum Gasteiger partial charge on any atom is -0.373 e. The van der Waals surface area contributed by atoms with E-state index in [1.165, 1.54) is 17.7 Å². The molecule has 0 aliphatic carbocycles. The summed E-state index contributed by atoms with van der Waals surface area (Å²) < 4.78 is 0. The van der Waals surface area contributed by atoms with Crippen LogP contribution in [0, 0.1) is 0 Å². The zero-order valence-corrected chi connectivity index (χ0v) is 11.1. The van der Waals surface area contributed by atoms with Gasteiger partial charge in [0.05, 0.1) is 0 Å². The molecule has 2 N–H and O–H groups in total. The number of carbonyl (C=O) groups is 1. The third-order valence-corrected chi connectivity index (χ3v) is 4.81. The number of hydrogen-bond acceptors (Lipinski definition) is 3. The molecular weight excluding hydrogens is 244 g/mol. The molecule has 2 heterocycles. The van der Waals surface area contributed by atoms with Gasteiger partial charge in [-0.25, -0.2) is 0 Å². The Balaban J connectivity index is 1.58. The number of carbonyl (C=O) groups excluding carboxylic acids is 1. The summed E-state index contributed by atoms with van der Waals surface area (Å²) in [5.41, 5.74) is 2.35. The molecule has 1 fully saturated rings. The molecule has 0 radical (unpaired) electrons. The van der Waals surface area contributed by atoms with E-state index in [0.717, 1.165) is 24.3 Å². The van der Waals surface area contributed by atoms with Gasteiger partial charge in [0.15, 0.2) is 0 Å². The lowest BCUT2D eigenvalue weighted by atomic mass is 10.1. The fourth-order valence-electron chi connectivity index (χ4n) is 2.61. The summed E-state index contributed by atoms with van der Waals surface area (Å²) in [5, 5.41) is 6.48. The molecule has 4 heteroatoms. The van der Waals surface area contributed by atoms with Gasteiger partial charge in [0.1, 0.15) is 6.04 Å². The van der Waals surface area contributed by atoms with E-state index in [0.29, 0.717) is 6.04 Å². The molecule has 0 bridgehead atoms. The molecule has 0 spiro atoms. The quantitative estimate of drug-likeness (QED) is 0.857. The van der Waals surface area contributed by atoms with Gasteiger partial charge < -0.3 is 10.6 Å². The Bertz CT molecular complexity index is 418. The molecule has 3 nitrogen and oxygen atoms in total. The van der Waals surface area contributed by atoms with Gasteiger partial charge in [-0.1, -0.05) is 18.2 Å². The maximum Gasteiger partial charge on any atom is 0.243 e. The SMILES string of the molecule is O=C(NC1CCCSC1)[C@@H]1Cc2ccccc2N1. The third-order valence-electron chi connectivity index (χ3n) is 3.59. The van der Waals surface area contributed by atoms with E-state index in [1.54, 1.807) is 0 Å². The fourth-order valence-corrected chi connectivity index (χ4v) is 3.68. The average Bonchev–Trinajstić information content (AvgIpc) is 2.84. The first kappa shape index (κ1) is 11.9. The van der Waals surface area contributed by atoms with Crippen molar-refractivity contribution < 1.29 is 4.79 Å². The van der Waals surface area contributed by atoms with Gasteiger partial charge in [-0.2, -0.15) is 11.8 Å². The number of para-hydroxylation sites is 1. The Morgan fingerprint density at radius 1 is 1.39 bits per heavy atom. The van der Waals surface area contributed by atoms with Crippen LogP contribution in [0.25, 0.3) is 0 Å². The standard InChI is InChI=1S/C14H18N2OS/c17-14(15-11-5-3-7-18-9-11)13-8-10-4-1-2-6-12(10)16-13/h1-2,4,6,11,13,16H,3,5,7-9H2,(H,15,17)/t11?,13-/m0/s1. The Kier molecular flexibility index (Phi) is 3.46. The monoisotopic (exact) mass is 262 g/mol. The van der Waals surface area contributed by atoms with Gasteiger partial charge in [-0.05, 0) is 30.2 Å². The topological polar surface area (TPSA) is 41.1 Å². The Hall–Kier alpha value is -1.16.